The molecule has 0 aromatic heterocycles. The highest BCUT2D eigenvalue weighted by Gasteiger charge is 2.21. The summed E-state index contributed by atoms with van der Waals surface area (Å²) in [6.45, 7) is 2.05. The van der Waals surface area contributed by atoms with Crippen LogP contribution < -0.4 is 10.1 Å². The number of rotatable bonds is 9. The molecule has 0 spiro atoms. The molecule has 0 unspecified atom stereocenters. The van der Waals surface area contributed by atoms with Crippen molar-refractivity contribution in [3.8, 4) is 11.8 Å². The Balaban J connectivity index is 2.07. The standard InChI is InChI=1S/C20H19N3O6/c1-2-28-19(24)9-10-22-20(25)17-11-16(7-8-18(17)23(26)27)29-13-15-5-3-14(12-21)4-6-15/h3-8,11H,2,9-10,13H2,1H3,(H,22,25). The molecule has 9 heteroatoms. The number of hydrogen-bond donors (Lipinski definition) is 1. The van der Waals surface area contributed by atoms with Gasteiger partial charge >= 0.3 is 5.97 Å². The van der Waals surface area contributed by atoms with Crippen LogP contribution in [0.1, 0.15) is 34.8 Å². The van der Waals surface area contributed by atoms with Gasteiger partial charge in [-0.3, -0.25) is 19.7 Å². The predicted molar refractivity (Wildman–Crippen MR) is 102 cm³/mol. The second kappa shape index (κ2) is 10.4. The topological polar surface area (TPSA) is 132 Å². The van der Waals surface area contributed by atoms with Crippen LogP contribution in [0.5, 0.6) is 5.75 Å². The average molecular weight is 397 g/mol. The predicted octanol–water partition coefficient (Wildman–Crippen LogP) is 2.73. The van der Waals surface area contributed by atoms with Gasteiger partial charge in [-0.25, -0.2) is 0 Å². The molecule has 2 aromatic carbocycles. The van der Waals surface area contributed by atoms with Crippen LogP contribution in [-0.4, -0.2) is 30.0 Å². The first-order valence-electron chi connectivity index (χ1n) is 8.78. The molecule has 0 saturated carbocycles. The zero-order chi connectivity index (χ0) is 21.2. The Kier molecular flexibility index (Phi) is 7.68. The van der Waals surface area contributed by atoms with E-state index in [-0.39, 0.29) is 43.2 Å². The number of nitriles is 1. The monoisotopic (exact) mass is 397 g/mol. The Labute approximate surface area is 167 Å². The summed E-state index contributed by atoms with van der Waals surface area (Å²) in [5.41, 5.74) is 0.772. The highest BCUT2D eigenvalue weighted by Crippen LogP contribution is 2.25. The number of nitro groups is 1. The number of carbonyl (C=O) groups is 2. The molecule has 0 aliphatic rings. The third kappa shape index (κ3) is 6.32. The molecule has 0 aliphatic heterocycles. The van der Waals surface area contributed by atoms with Crippen molar-refractivity contribution in [2.75, 3.05) is 13.2 Å². The van der Waals surface area contributed by atoms with Crippen LogP contribution in [0.3, 0.4) is 0 Å². The fourth-order valence-electron chi connectivity index (χ4n) is 2.39. The van der Waals surface area contributed by atoms with Gasteiger partial charge in [0.2, 0.25) is 0 Å². The van der Waals surface area contributed by atoms with E-state index in [0.29, 0.717) is 5.56 Å². The van der Waals surface area contributed by atoms with E-state index in [4.69, 9.17) is 14.7 Å². The number of hydrogen-bond acceptors (Lipinski definition) is 7. The van der Waals surface area contributed by atoms with Crippen LogP contribution in [0.25, 0.3) is 0 Å². The van der Waals surface area contributed by atoms with Crippen molar-refractivity contribution in [2.24, 2.45) is 0 Å². The number of nitrogens with zero attached hydrogens (tertiary/aromatic N) is 2. The second-order valence-corrected chi connectivity index (χ2v) is 5.84. The number of amides is 1. The summed E-state index contributed by atoms with van der Waals surface area (Å²) in [5, 5.41) is 22.5. The maximum atomic E-state index is 12.4. The van der Waals surface area contributed by atoms with Crippen molar-refractivity contribution in [3.05, 3.63) is 69.3 Å². The number of ether oxygens (including phenoxy) is 2. The van der Waals surface area contributed by atoms with Crippen molar-refractivity contribution < 1.29 is 24.0 Å². The number of esters is 1. The van der Waals surface area contributed by atoms with E-state index in [0.717, 1.165) is 5.56 Å². The van der Waals surface area contributed by atoms with E-state index in [9.17, 15) is 19.7 Å². The number of nitro benzene ring substituents is 1. The van der Waals surface area contributed by atoms with Crippen molar-refractivity contribution in [1.82, 2.24) is 5.32 Å². The molecule has 1 N–H and O–H groups in total. The highest BCUT2D eigenvalue weighted by molar-refractivity contribution is 5.98. The quantitative estimate of drug-likeness (QED) is 0.391. The summed E-state index contributed by atoms with van der Waals surface area (Å²) in [6, 6.07) is 12.6. The minimum absolute atomic E-state index is 0.00878. The van der Waals surface area contributed by atoms with Gasteiger partial charge in [0.25, 0.3) is 11.6 Å². The fraction of sp³-hybridized carbons (Fsp3) is 0.250. The van der Waals surface area contributed by atoms with Gasteiger partial charge < -0.3 is 14.8 Å². The SMILES string of the molecule is CCOC(=O)CCNC(=O)c1cc(OCc2ccc(C#N)cc2)ccc1[N+](=O)[O-]. The van der Waals surface area contributed by atoms with Crippen LogP contribution in [0, 0.1) is 21.4 Å². The molecule has 2 aromatic rings. The molecule has 150 valence electrons. The number of nitrogens with one attached hydrogen (secondary N) is 1. The smallest absolute Gasteiger partial charge is 0.307 e. The van der Waals surface area contributed by atoms with E-state index in [1.165, 1.54) is 18.2 Å². The van der Waals surface area contributed by atoms with Crippen molar-refractivity contribution in [2.45, 2.75) is 20.0 Å². The summed E-state index contributed by atoms with van der Waals surface area (Å²) in [7, 11) is 0. The van der Waals surface area contributed by atoms with E-state index in [1.807, 2.05) is 6.07 Å². The molecule has 9 nitrogen and oxygen atoms in total. The van der Waals surface area contributed by atoms with Crippen LogP contribution in [0.2, 0.25) is 0 Å². The van der Waals surface area contributed by atoms with E-state index < -0.39 is 16.8 Å². The summed E-state index contributed by atoms with van der Waals surface area (Å²) < 4.78 is 10.4. The zero-order valence-electron chi connectivity index (χ0n) is 15.7. The van der Waals surface area contributed by atoms with Crippen LogP contribution in [0.4, 0.5) is 5.69 Å². The maximum Gasteiger partial charge on any atom is 0.307 e. The molecular weight excluding hydrogens is 378 g/mol. The molecule has 0 heterocycles. The summed E-state index contributed by atoms with van der Waals surface area (Å²) in [5.74, 6) is -0.887. The lowest BCUT2D eigenvalue weighted by Gasteiger charge is -2.10. The third-order valence-corrected chi connectivity index (χ3v) is 3.82. The van der Waals surface area contributed by atoms with Crippen LogP contribution >= 0.6 is 0 Å². The Morgan fingerprint density at radius 3 is 2.55 bits per heavy atom. The van der Waals surface area contributed by atoms with E-state index >= 15 is 0 Å². The third-order valence-electron chi connectivity index (χ3n) is 3.82. The van der Waals surface area contributed by atoms with Gasteiger partial charge in [-0.2, -0.15) is 5.26 Å². The van der Waals surface area contributed by atoms with Gasteiger partial charge in [-0.1, -0.05) is 12.1 Å². The minimum atomic E-state index is -0.690. The molecule has 29 heavy (non-hydrogen) atoms. The van der Waals surface area contributed by atoms with E-state index in [2.05, 4.69) is 5.32 Å². The van der Waals surface area contributed by atoms with Gasteiger partial charge in [-0.05, 0) is 36.8 Å². The molecule has 0 aliphatic carbocycles. The molecule has 0 radical (unpaired) electrons. The van der Waals surface area contributed by atoms with Gasteiger partial charge in [0, 0.05) is 12.6 Å². The first-order valence-corrected chi connectivity index (χ1v) is 8.78. The lowest BCUT2D eigenvalue weighted by Crippen LogP contribution is -2.27. The van der Waals surface area contributed by atoms with Crippen molar-refractivity contribution >= 4 is 17.6 Å². The Hall–Kier alpha value is -3.93. The largest absolute Gasteiger partial charge is 0.489 e. The molecule has 0 saturated heterocycles. The summed E-state index contributed by atoms with van der Waals surface area (Å²) in [6.07, 6.45) is -0.0394. The maximum absolute atomic E-state index is 12.4. The normalized spacial score (nSPS) is 9.93. The number of carbonyl (C=O) groups excluding carboxylic acids is 2. The van der Waals surface area contributed by atoms with Gasteiger partial charge in [0.1, 0.15) is 17.9 Å². The number of benzene rings is 2. The van der Waals surface area contributed by atoms with Gasteiger partial charge in [0.15, 0.2) is 0 Å². The first kappa shape index (κ1) is 21.4. The summed E-state index contributed by atoms with van der Waals surface area (Å²) >= 11 is 0. The lowest BCUT2D eigenvalue weighted by molar-refractivity contribution is -0.385. The second-order valence-electron chi connectivity index (χ2n) is 5.84. The molecule has 0 bridgehead atoms. The van der Waals surface area contributed by atoms with Gasteiger partial charge in [0.05, 0.1) is 29.6 Å². The fourth-order valence-corrected chi connectivity index (χ4v) is 2.39. The Morgan fingerprint density at radius 2 is 1.93 bits per heavy atom. The Bertz CT molecular complexity index is 934. The average Bonchev–Trinajstić information content (AvgIpc) is 2.72. The van der Waals surface area contributed by atoms with Crippen molar-refractivity contribution in [3.63, 3.8) is 0 Å². The molecule has 2 rings (SSSR count). The van der Waals surface area contributed by atoms with Gasteiger partial charge in [-0.15, -0.1) is 0 Å². The Morgan fingerprint density at radius 1 is 1.21 bits per heavy atom. The lowest BCUT2D eigenvalue weighted by atomic mass is 10.1. The van der Waals surface area contributed by atoms with E-state index in [1.54, 1.807) is 31.2 Å². The molecular formula is C20H19N3O6. The van der Waals surface area contributed by atoms with Crippen LogP contribution in [0.15, 0.2) is 42.5 Å². The molecule has 0 atom stereocenters. The first-order chi connectivity index (χ1) is 13.9. The molecule has 0 fully saturated rings. The minimum Gasteiger partial charge on any atom is -0.489 e. The van der Waals surface area contributed by atoms with Crippen LogP contribution in [-0.2, 0) is 16.1 Å². The summed E-state index contributed by atoms with van der Waals surface area (Å²) in [4.78, 5) is 34.3. The zero-order valence-corrected chi connectivity index (χ0v) is 15.7. The highest BCUT2D eigenvalue weighted by atomic mass is 16.6. The van der Waals surface area contributed by atoms with Crippen molar-refractivity contribution in [1.29, 1.82) is 5.26 Å². The molecule has 1 amide bonds.